The van der Waals surface area contributed by atoms with Crippen molar-refractivity contribution >= 4 is 11.8 Å². The Morgan fingerprint density at radius 3 is 2.53 bits per heavy atom. The standard InChI is InChI=1S/C22H22N4O4/c1-29-18-9-8-15(12-19(18)30-2)21-17(22(28)25-11-10-23-20(27)14-25)13-26(24-21)16-6-4-3-5-7-16/h3-9,12-13H,10-11,14H2,1-2H3,(H,23,27). The third-order valence-corrected chi connectivity index (χ3v) is 4.95. The van der Waals surface area contributed by atoms with Crippen molar-refractivity contribution in [3.05, 3.63) is 60.3 Å². The zero-order valence-electron chi connectivity index (χ0n) is 16.8. The molecule has 1 aromatic heterocycles. The Bertz CT molecular complexity index is 1080. The van der Waals surface area contributed by atoms with Crippen molar-refractivity contribution in [3.63, 3.8) is 0 Å². The van der Waals surface area contributed by atoms with Crippen LogP contribution in [0.5, 0.6) is 11.5 Å². The summed E-state index contributed by atoms with van der Waals surface area (Å²) in [6.07, 6.45) is 1.70. The Morgan fingerprint density at radius 1 is 1.07 bits per heavy atom. The summed E-state index contributed by atoms with van der Waals surface area (Å²) in [6.45, 7) is 0.913. The number of rotatable bonds is 5. The van der Waals surface area contributed by atoms with E-state index in [1.807, 2.05) is 36.4 Å². The van der Waals surface area contributed by atoms with Gasteiger partial charge in [0.05, 0.1) is 32.0 Å². The molecule has 0 bridgehead atoms. The predicted molar refractivity (Wildman–Crippen MR) is 111 cm³/mol. The lowest BCUT2D eigenvalue weighted by Crippen LogP contribution is -2.50. The number of benzene rings is 2. The van der Waals surface area contributed by atoms with Gasteiger partial charge in [-0.15, -0.1) is 0 Å². The van der Waals surface area contributed by atoms with E-state index < -0.39 is 0 Å². The van der Waals surface area contributed by atoms with Crippen molar-refractivity contribution < 1.29 is 19.1 Å². The minimum atomic E-state index is -0.239. The van der Waals surface area contributed by atoms with Gasteiger partial charge in [0.1, 0.15) is 5.69 Å². The molecular formula is C22H22N4O4. The fourth-order valence-electron chi connectivity index (χ4n) is 3.42. The first kappa shape index (κ1) is 19.5. The summed E-state index contributed by atoms with van der Waals surface area (Å²) in [5.41, 5.74) is 2.47. The van der Waals surface area contributed by atoms with Crippen LogP contribution in [0.4, 0.5) is 0 Å². The van der Waals surface area contributed by atoms with E-state index in [0.717, 1.165) is 5.69 Å². The van der Waals surface area contributed by atoms with Gasteiger partial charge in [0, 0.05) is 24.8 Å². The molecule has 1 fully saturated rings. The molecule has 3 aromatic rings. The van der Waals surface area contributed by atoms with Crippen LogP contribution >= 0.6 is 0 Å². The van der Waals surface area contributed by atoms with Crippen LogP contribution in [0.3, 0.4) is 0 Å². The Kier molecular flexibility index (Phi) is 5.38. The van der Waals surface area contributed by atoms with Crippen LogP contribution in [0, 0.1) is 0 Å². The smallest absolute Gasteiger partial charge is 0.258 e. The Morgan fingerprint density at radius 2 is 1.83 bits per heavy atom. The van der Waals surface area contributed by atoms with Crippen molar-refractivity contribution in [1.29, 1.82) is 0 Å². The summed E-state index contributed by atoms with van der Waals surface area (Å²) < 4.78 is 12.4. The molecule has 8 heteroatoms. The summed E-state index contributed by atoms with van der Waals surface area (Å²) in [5, 5.41) is 7.43. The quantitative estimate of drug-likeness (QED) is 0.702. The fraction of sp³-hybridized carbons (Fsp3) is 0.227. The Hall–Kier alpha value is -3.81. The van der Waals surface area contributed by atoms with E-state index in [4.69, 9.17) is 9.47 Å². The monoisotopic (exact) mass is 406 g/mol. The minimum absolute atomic E-state index is 0.0285. The van der Waals surface area contributed by atoms with Crippen molar-refractivity contribution in [2.24, 2.45) is 0 Å². The van der Waals surface area contributed by atoms with Crippen LogP contribution in [0.1, 0.15) is 10.4 Å². The number of carbonyl (C=O) groups is 2. The highest BCUT2D eigenvalue weighted by Crippen LogP contribution is 2.33. The molecule has 8 nitrogen and oxygen atoms in total. The normalized spacial score (nSPS) is 13.7. The van der Waals surface area contributed by atoms with Crippen LogP contribution in [0.2, 0.25) is 0 Å². The van der Waals surface area contributed by atoms with E-state index in [2.05, 4.69) is 10.4 Å². The molecule has 0 radical (unpaired) electrons. The summed E-state index contributed by atoms with van der Waals surface area (Å²) in [7, 11) is 3.13. The number of ether oxygens (including phenoxy) is 2. The lowest BCUT2D eigenvalue weighted by molar-refractivity contribution is -0.123. The number of piperazine rings is 1. The van der Waals surface area contributed by atoms with Crippen molar-refractivity contribution in [2.45, 2.75) is 0 Å². The zero-order valence-corrected chi connectivity index (χ0v) is 16.8. The molecule has 1 saturated heterocycles. The molecule has 4 rings (SSSR count). The second-order valence-corrected chi connectivity index (χ2v) is 6.82. The van der Waals surface area contributed by atoms with Gasteiger partial charge in [-0.1, -0.05) is 18.2 Å². The molecule has 0 spiro atoms. The van der Waals surface area contributed by atoms with E-state index in [1.54, 1.807) is 37.2 Å². The van der Waals surface area contributed by atoms with Gasteiger partial charge < -0.3 is 19.7 Å². The fourth-order valence-corrected chi connectivity index (χ4v) is 3.42. The molecule has 0 saturated carbocycles. The first-order valence-electron chi connectivity index (χ1n) is 9.54. The van der Waals surface area contributed by atoms with Gasteiger partial charge in [-0.3, -0.25) is 9.59 Å². The molecule has 0 atom stereocenters. The molecule has 2 amide bonds. The van der Waals surface area contributed by atoms with Crippen molar-refractivity contribution in [1.82, 2.24) is 20.0 Å². The summed E-state index contributed by atoms with van der Waals surface area (Å²) in [5.74, 6) is 0.721. The molecule has 1 N–H and O–H groups in total. The van der Waals surface area contributed by atoms with Crippen LogP contribution < -0.4 is 14.8 Å². The molecule has 0 unspecified atom stereocenters. The van der Waals surface area contributed by atoms with Crippen LogP contribution in [0.15, 0.2) is 54.7 Å². The zero-order chi connectivity index (χ0) is 21.1. The molecular weight excluding hydrogens is 384 g/mol. The summed E-state index contributed by atoms with van der Waals surface area (Å²) in [4.78, 5) is 26.6. The average molecular weight is 406 g/mol. The van der Waals surface area contributed by atoms with Gasteiger partial charge in [0.2, 0.25) is 5.91 Å². The van der Waals surface area contributed by atoms with Gasteiger partial charge in [-0.05, 0) is 30.3 Å². The van der Waals surface area contributed by atoms with Gasteiger partial charge >= 0.3 is 0 Å². The molecule has 1 aliphatic rings. The van der Waals surface area contributed by atoms with Crippen LogP contribution in [-0.2, 0) is 4.79 Å². The largest absolute Gasteiger partial charge is 0.493 e. The maximum Gasteiger partial charge on any atom is 0.258 e. The summed E-state index contributed by atoms with van der Waals surface area (Å²) in [6, 6.07) is 14.9. The summed E-state index contributed by atoms with van der Waals surface area (Å²) >= 11 is 0. The lowest BCUT2D eigenvalue weighted by atomic mass is 10.1. The van der Waals surface area contributed by atoms with E-state index in [9.17, 15) is 9.59 Å². The highest BCUT2D eigenvalue weighted by atomic mass is 16.5. The molecule has 0 aliphatic carbocycles. The average Bonchev–Trinajstić information content (AvgIpc) is 3.24. The number of para-hydroxylation sites is 1. The first-order chi connectivity index (χ1) is 14.6. The molecule has 30 heavy (non-hydrogen) atoms. The van der Waals surface area contributed by atoms with Crippen LogP contribution in [0.25, 0.3) is 16.9 Å². The second kappa shape index (κ2) is 8.28. The number of nitrogens with one attached hydrogen (secondary N) is 1. The van der Waals surface area contributed by atoms with E-state index in [0.29, 0.717) is 41.4 Å². The number of carbonyl (C=O) groups excluding carboxylic acids is 2. The van der Waals surface area contributed by atoms with Crippen LogP contribution in [-0.4, -0.2) is 60.3 Å². The molecule has 154 valence electrons. The number of hydrogen-bond donors (Lipinski definition) is 1. The third-order valence-electron chi connectivity index (χ3n) is 4.95. The van der Waals surface area contributed by atoms with Crippen molar-refractivity contribution in [2.75, 3.05) is 33.9 Å². The first-order valence-corrected chi connectivity index (χ1v) is 9.54. The molecule has 2 aromatic carbocycles. The third kappa shape index (κ3) is 3.71. The second-order valence-electron chi connectivity index (χ2n) is 6.82. The van der Waals surface area contributed by atoms with E-state index in [-0.39, 0.29) is 18.4 Å². The molecule has 1 aliphatic heterocycles. The highest BCUT2D eigenvalue weighted by molar-refractivity contribution is 6.01. The topological polar surface area (TPSA) is 85.7 Å². The van der Waals surface area contributed by atoms with Gasteiger partial charge in [-0.2, -0.15) is 5.10 Å². The van der Waals surface area contributed by atoms with Gasteiger partial charge in [0.15, 0.2) is 11.5 Å². The minimum Gasteiger partial charge on any atom is -0.493 e. The highest BCUT2D eigenvalue weighted by Gasteiger charge is 2.27. The van der Waals surface area contributed by atoms with E-state index >= 15 is 0 Å². The maximum absolute atomic E-state index is 13.3. The number of nitrogens with zero attached hydrogens (tertiary/aromatic N) is 3. The Labute approximate surface area is 174 Å². The Balaban J connectivity index is 1.81. The number of amides is 2. The predicted octanol–water partition coefficient (Wildman–Crippen LogP) is 2.13. The maximum atomic E-state index is 13.3. The van der Waals surface area contributed by atoms with Crippen molar-refractivity contribution in [3.8, 4) is 28.4 Å². The van der Waals surface area contributed by atoms with Gasteiger partial charge in [-0.25, -0.2) is 4.68 Å². The molecule has 2 heterocycles. The van der Waals surface area contributed by atoms with E-state index in [1.165, 1.54) is 4.90 Å². The lowest BCUT2D eigenvalue weighted by Gasteiger charge is -2.26. The SMILES string of the molecule is COc1ccc(-c2nn(-c3ccccc3)cc2C(=O)N2CCNC(=O)C2)cc1OC. The number of hydrogen-bond acceptors (Lipinski definition) is 5. The van der Waals surface area contributed by atoms with Gasteiger partial charge in [0.25, 0.3) is 5.91 Å². The number of aromatic nitrogens is 2. The number of methoxy groups -OCH3 is 2.